The number of thiophene rings is 2. The van der Waals surface area contributed by atoms with Crippen molar-refractivity contribution in [3.05, 3.63) is 38.4 Å². The van der Waals surface area contributed by atoms with E-state index >= 15 is 0 Å². The van der Waals surface area contributed by atoms with Crippen molar-refractivity contribution in [2.24, 2.45) is 0 Å². The van der Waals surface area contributed by atoms with Gasteiger partial charge in [0.15, 0.2) is 0 Å². The summed E-state index contributed by atoms with van der Waals surface area (Å²) in [6.07, 6.45) is 0. The van der Waals surface area contributed by atoms with Gasteiger partial charge in [0.1, 0.15) is 9.75 Å². The highest BCUT2D eigenvalue weighted by molar-refractivity contribution is 7.18. The first-order valence-electron chi connectivity index (χ1n) is 4.45. The molecule has 1 amide bonds. The molecule has 0 bridgehead atoms. The fourth-order valence-electron chi connectivity index (χ4n) is 1.14. The lowest BCUT2D eigenvalue weighted by Gasteiger charge is -1.99. The third-order valence-corrected chi connectivity index (χ3v) is 4.21. The van der Waals surface area contributed by atoms with E-state index in [2.05, 4.69) is 5.32 Å². The molecular formula is C10H6ClNO3S2. The second-order valence-corrected chi connectivity index (χ2v) is 5.43. The van der Waals surface area contributed by atoms with Gasteiger partial charge in [0.25, 0.3) is 5.91 Å². The van der Waals surface area contributed by atoms with E-state index in [1.54, 1.807) is 17.5 Å². The molecule has 0 aromatic carbocycles. The lowest BCUT2D eigenvalue weighted by Crippen LogP contribution is -2.09. The maximum absolute atomic E-state index is 11.7. The SMILES string of the molecule is O=C(O)c1ccc(NC(=O)c2sccc2Cl)s1. The molecule has 2 heterocycles. The average Bonchev–Trinajstić information content (AvgIpc) is 2.86. The Morgan fingerprint density at radius 1 is 1.29 bits per heavy atom. The summed E-state index contributed by atoms with van der Waals surface area (Å²) in [5.74, 6) is -1.34. The minimum Gasteiger partial charge on any atom is -0.477 e. The van der Waals surface area contributed by atoms with Crippen LogP contribution in [0.5, 0.6) is 0 Å². The quantitative estimate of drug-likeness (QED) is 0.909. The normalized spacial score (nSPS) is 10.2. The molecule has 0 spiro atoms. The molecule has 17 heavy (non-hydrogen) atoms. The number of hydrogen-bond donors (Lipinski definition) is 2. The van der Waals surface area contributed by atoms with E-state index in [9.17, 15) is 9.59 Å². The molecule has 0 saturated carbocycles. The van der Waals surface area contributed by atoms with Crippen LogP contribution in [0.1, 0.15) is 19.3 Å². The molecule has 7 heteroatoms. The van der Waals surface area contributed by atoms with Crippen molar-refractivity contribution in [2.45, 2.75) is 0 Å². The predicted octanol–water partition coefficient (Wildman–Crippen LogP) is 3.41. The van der Waals surface area contributed by atoms with Crippen molar-refractivity contribution in [3.63, 3.8) is 0 Å². The molecule has 0 aliphatic heterocycles. The third-order valence-electron chi connectivity index (χ3n) is 1.88. The number of hydrogen-bond acceptors (Lipinski definition) is 4. The summed E-state index contributed by atoms with van der Waals surface area (Å²) in [4.78, 5) is 23.0. The van der Waals surface area contributed by atoms with E-state index in [1.807, 2.05) is 0 Å². The molecule has 2 N–H and O–H groups in total. The number of carbonyl (C=O) groups excluding carboxylic acids is 1. The lowest BCUT2D eigenvalue weighted by molar-refractivity contribution is 0.0702. The Labute approximate surface area is 109 Å². The Morgan fingerprint density at radius 2 is 2.06 bits per heavy atom. The maximum Gasteiger partial charge on any atom is 0.345 e. The smallest absolute Gasteiger partial charge is 0.345 e. The van der Waals surface area contributed by atoms with Gasteiger partial charge in [-0.25, -0.2) is 4.79 Å². The summed E-state index contributed by atoms with van der Waals surface area (Å²) in [5.41, 5.74) is 0. The zero-order valence-corrected chi connectivity index (χ0v) is 10.7. The highest BCUT2D eigenvalue weighted by Gasteiger charge is 2.14. The predicted molar refractivity (Wildman–Crippen MR) is 68.6 cm³/mol. The van der Waals surface area contributed by atoms with E-state index in [-0.39, 0.29) is 10.8 Å². The number of carboxylic acid groups (broad SMARTS) is 1. The van der Waals surface area contributed by atoms with Gasteiger partial charge >= 0.3 is 5.97 Å². The number of aromatic carboxylic acids is 1. The number of carboxylic acids is 1. The first-order chi connectivity index (χ1) is 8.08. The Morgan fingerprint density at radius 3 is 2.59 bits per heavy atom. The van der Waals surface area contributed by atoms with Crippen molar-refractivity contribution in [1.82, 2.24) is 0 Å². The van der Waals surface area contributed by atoms with Gasteiger partial charge in [-0.2, -0.15) is 0 Å². The topological polar surface area (TPSA) is 66.4 Å². The summed E-state index contributed by atoms with van der Waals surface area (Å²) < 4.78 is 0. The van der Waals surface area contributed by atoms with E-state index in [4.69, 9.17) is 16.7 Å². The summed E-state index contributed by atoms with van der Waals surface area (Å²) in [6.45, 7) is 0. The molecule has 0 radical (unpaired) electrons. The molecule has 0 unspecified atom stereocenters. The minimum absolute atomic E-state index is 0.178. The number of rotatable bonds is 3. The van der Waals surface area contributed by atoms with Gasteiger partial charge in [-0.1, -0.05) is 11.6 Å². The van der Waals surface area contributed by atoms with Crippen LogP contribution in [0.4, 0.5) is 5.00 Å². The molecular weight excluding hydrogens is 282 g/mol. The van der Waals surface area contributed by atoms with Crippen molar-refractivity contribution in [2.75, 3.05) is 5.32 Å². The van der Waals surface area contributed by atoms with Gasteiger partial charge in [-0.15, -0.1) is 22.7 Å². The van der Waals surface area contributed by atoms with Crippen LogP contribution in [0.25, 0.3) is 0 Å². The fraction of sp³-hybridized carbons (Fsp3) is 0. The molecule has 0 aliphatic carbocycles. The first-order valence-corrected chi connectivity index (χ1v) is 6.53. The number of anilines is 1. The zero-order chi connectivity index (χ0) is 12.4. The van der Waals surface area contributed by atoms with Gasteiger partial charge in [0.2, 0.25) is 0 Å². The van der Waals surface area contributed by atoms with Crippen LogP contribution < -0.4 is 5.32 Å². The Kier molecular flexibility index (Phi) is 3.46. The van der Waals surface area contributed by atoms with Crippen LogP contribution in [0, 0.1) is 0 Å². The van der Waals surface area contributed by atoms with Crippen molar-refractivity contribution < 1.29 is 14.7 Å². The molecule has 2 aromatic rings. The summed E-state index contributed by atoms with van der Waals surface area (Å²) in [5, 5.41) is 13.9. The summed E-state index contributed by atoms with van der Waals surface area (Å²) in [6, 6.07) is 4.63. The number of carbonyl (C=O) groups is 2. The van der Waals surface area contributed by atoms with Crippen molar-refractivity contribution >= 4 is 51.2 Å². The van der Waals surface area contributed by atoms with Crippen LogP contribution in [-0.4, -0.2) is 17.0 Å². The number of halogens is 1. The van der Waals surface area contributed by atoms with Crippen molar-refractivity contribution in [1.29, 1.82) is 0 Å². The highest BCUT2D eigenvalue weighted by atomic mass is 35.5. The largest absolute Gasteiger partial charge is 0.477 e. The lowest BCUT2D eigenvalue weighted by atomic mass is 10.4. The molecule has 2 rings (SSSR count). The number of amides is 1. The second kappa shape index (κ2) is 4.87. The molecule has 0 fully saturated rings. The summed E-state index contributed by atoms with van der Waals surface area (Å²) >= 11 is 8.05. The molecule has 88 valence electrons. The maximum atomic E-state index is 11.7. The van der Waals surface area contributed by atoms with Gasteiger partial charge in [-0.05, 0) is 23.6 Å². The van der Waals surface area contributed by atoms with Crippen LogP contribution in [-0.2, 0) is 0 Å². The summed E-state index contributed by atoms with van der Waals surface area (Å²) in [7, 11) is 0. The molecule has 0 saturated heterocycles. The first kappa shape index (κ1) is 12.1. The second-order valence-electron chi connectivity index (χ2n) is 3.02. The molecule has 2 aromatic heterocycles. The highest BCUT2D eigenvalue weighted by Crippen LogP contribution is 2.26. The van der Waals surface area contributed by atoms with E-state index in [0.29, 0.717) is 14.9 Å². The average molecular weight is 288 g/mol. The number of nitrogens with one attached hydrogen (secondary N) is 1. The minimum atomic E-state index is -1.01. The van der Waals surface area contributed by atoms with E-state index < -0.39 is 5.97 Å². The zero-order valence-electron chi connectivity index (χ0n) is 8.27. The Balaban J connectivity index is 2.13. The molecule has 4 nitrogen and oxygen atoms in total. The van der Waals surface area contributed by atoms with Crippen LogP contribution in [0.15, 0.2) is 23.6 Å². The van der Waals surface area contributed by atoms with Gasteiger partial charge in [-0.3, -0.25) is 4.79 Å². The monoisotopic (exact) mass is 287 g/mol. The van der Waals surface area contributed by atoms with Crippen LogP contribution in [0.3, 0.4) is 0 Å². The van der Waals surface area contributed by atoms with E-state index in [0.717, 1.165) is 11.3 Å². The van der Waals surface area contributed by atoms with Crippen molar-refractivity contribution in [3.8, 4) is 0 Å². The molecule has 0 aliphatic rings. The standard InChI is InChI=1S/C10H6ClNO3S2/c11-5-3-4-16-8(5)9(13)12-7-2-1-6(17-7)10(14)15/h1-4H,(H,12,13)(H,14,15). The molecule has 0 atom stereocenters. The van der Waals surface area contributed by atoms with Gasteiger partial charge < -0.3 is 10.4 Å². The van der Waals surface area contributed by atoms with E-state index in [1.165, 1.54) is 17.4 Å². The Bertz CT molecular complexity index is 576. The van der Waals surface area contributed by atoms with Crippen LogP contribution in [0.2, 0.25) is 5.02 Å². The van der Waals surface area contributed by atoms with Gasteiger partial charge in [0.05, 0.1) is 10.0 Å². The third kappa shape index (κ3) is 2.66. The van der Waals surface area contributed by atoms with Crippen LogP contribution >= 0.6 is 34.3 Å². The Hall–Kier alpha value is -1.37. The fourth-order valence-corrected chi connectivity index (χ4v) is 2.92. The van der Waals surface area contributed by atoms with Gasteiger partial charge in [0, 0.05) is 0 Å².